The van der Waals surface area contributed by atoms with Gasteiger partial charge in [-0.25, -0.2) is 0 Å². The fraction of sp³-hybridized carbons (Fsp3) is 0.526. The predicted molar refractivity (Wildman–Crippen MR) is 184 cm³/mol. The Kier molecular flexibility index (Phi) is 11.5. The van der Waals surface area contributed by atoms with E-state index in [4.69, 9.17) is 12.9 Å². The largest absolute Gasteiger partial charge is 0.507 e. The molecule has 0 atom stereocenters. The van der Waals surface area contributed by atoms with E-state index in [1.807, 2.05) is 6.92 Å². The summed E-state index contributed by atoms with van der Waals surface area (Å²) in [6, 6.07) is 13.6. The fourth-order valence-electron chi connectivity index (χ4n) is 6.11. The van der Waals surface area contributed by atoms with Crippen LogP contribution in [0.25, 0.3) is 21.9 Å². The first kappa shape index (κ1) is 33.2. The molecular weight excluding hydrogens is 551 g/mol. The van der Waals surface area contributed by atoms with Crippen LogP contribution in [0, 0.1) is 6.92 Å². The molecule has 3 aromatic carbocycles. The van der Waals surface area contributed by atoms with Crippen LogP contribution in [0.3, 0.4) is 0 Å². The van der Waals surface area contributed by atoms with Crippen LogP contribution in [0.1, 0.15) is 120 Å². The molecule has 4 nitrogen and oxygen atoms in total. The maximum absolute atomic E-state index is 10.6. The van der Waals surface area contributed by atoms with Crippen molar-refractivity contribution in [3.05, 3.63) is 75.3 Å². The molecule has 0 saturated carbocycles. The third kappa shape index (κ3) is 8.08. The van der Waals surface area contributed by atoms with Crippen LogP contribution >= 0.6 is 8.24 Å². The van der Waals surface area contributed by atoms with E-state index >= 15 is 0 Å². The lowest BCUT2D eigenvalue weighted by Crippen LogP contribution is -2.12. The summed E-state index contributed by atoms with van der Waals surface area (Å²) in [5.41, 5.74) is 10.1. The first-order valence-corrected chi connectivity index (χ1v) is 17.6. The van der Waals surface area contributed by atoms with Crippen LogP contribution in [0.15, 0.2) is 44.8 Å². The SMILES string of the molecule is CCCc1cc(CCC)c2op(OCCCc3cc(C)c(O)c(C(C)(C)C)c3)oc3c(CCC)cc(CCC)cc3c2c1. The number of benzene rings is 3. The Morgan fingerprint density at radius 1 is 0.674 bits per heavy atom. The Hall–Kier alpha value is -2.68. The average Bonchev–Trinajstić information content (AvgIpc) is 3.10. The lowest BCUT2D eigenvalue weighted by molar-refractivity contribution is 0.364. The number of hydrogen-bond donors (Lipinski definition) is 1. The molecule has 0 bridgehead atoms. The molecule has 0 saturated heterocycles. The summed E-state index contributed by atoms with van der Waals surface area (Å²) >= 11 is 0. The van der Waals surface area contributed by atoms with E-state index in [1.54, 1.807) is 0 Å². The minimum absolute atomic E-state index is 0.117. The standard InChI is InChI=1S/C38H53O4P/c1-9-14-27-21-30(16-11-3)36-32(23-27)33-24-28(15-10-2)22-31(17-12-4)37(33)42-43(41-36)40-19-13-18-29-20-26(5)35(39)34(25-29)38(6,7)8/h20-25,39H,9-19H2,1-8H3. The van der Waals surface area contributed by atoms with Crippen LogP contribution in [-0.4, -0.2) is 11.7 Å². The number of phenolic OH excluding ortho intramolecular Hbond substituents is 1. The van der Waals surface area contributed by atoms with Gasteiger partial charge in [-0.1, -0.05) is 98.4 Å². The van der Waals surface area contributed by atoms with Gasteiger partial charge in [0, 0.05) is 10.8 Å². The average molecular weight is 605 g/mol. The normalized spacial score (nSPS) is 12.0. The summed E-state index contributed by atoms with van der Waals surface area (Å²) in [7, 11) is -1.62. The lowest BCUT2D eigenvalue weighted by atomic mass is 9.83. The highest BCUT2D eigenvalue weighted by molar-refractivity contribution is 7.31. The van der Waals surface area contributed by atoms with E-state index in [0.717, 1.165) is 97.3 Å². The van der Waals surface area contributed by atoms with Crippen molar-refractivity contribution in [1.29, 1.82) is 0 Å². The maximum atomic E-state index is 10.6. The number of aryl methyl sites for hydroxylation is 6. The molecule has 43 heavy (non-hydrogen) atoms. The highest BCUT2D eigenvalue weighted by Crippen LogP contribution is 2.39. The Bertz CT molecular complexity index is 1500. The zero-order chi connectivity index (χ0) is 31.1. The molecule has 0 aliphatic carbocycles. The topological polar surface area (TPSA) is 55.7 Å². The van der Waals surface area contributed by atoms with Crippen molar-refractivity contribution in [1.82, 2.24) is 0 Å². The first-order valence-electron chi connectivity index (χ1n) is 16.5. The van der Waals surface area contributed by atoms with Crippen molar-refractivity contribution in [2.75, 3.05) is 6.61 Å². The summed E-state index contributed by atoms with van der Waals surface area (Å²) in [6.45, 7) is 17.9. The van der Waals surface area contributed by atoms with Crippen molar-refractivity contribution in [2.24, 2.45) is 0 Å². The van der Waals surface area contributed by atoms with Gasteiger partial charge in [-0.05, 0) is 102 Å². The van der Waals surface area contributed by atoms with Crippen molar-refractivity contribution >= 4 is 30.2 Å². The number of rotatable bonds is 13. The summed E-state index contributed by atoms with van der Waals surface area (Å²) < 4.78 is 19.9. The molecule has 1 aromatic heterocycles. The van der Waals surface area contributed by atoms with Crippen molar-refractivity contribution in [3.8, 4) is 5.75 Å². The van der Waals surface area contributed by atoms with Gasteiger partial charge >= 0.3 is 8.24 Å². The molecule has 0 unspecified atom stereocenters. The number of aromatic hydroxyl groups is 1. The second-order valence-corrected chi connectivity index (χ2v) is 14.2. The van der Waals surface area contributed by atoms with Gasteiger partial charge in [0.1, 0.15) is 16.9 Å². The molecule has 0 amide bonds. The predicted octanol–water partition coefficient (Wildman–Crippen LogP) is 11.5. The van der Waals surface area contributed by atoms with Crippen LogP contribution in [-0.2, 0) is 37.5 Å². The van der Waals surface area contributed by atoms with Gasteiger partial charge in [0.2, 0.25) is 0 Å². The first-order chi connectivity index (χ1) is 20.6. The van der Waals surface area contributed by atoms with Crippen LogP contribution in [0.2, 0.25) is 0 Å². The van der Waals surface area contributed by atoms with Gasteiger partial charge in [-0.15, -0.1) is 0 Å². The van der Waals surface area contributed by atoms with Gasteiger partial charge in [-0.2, -0.15) is 0 Å². The highest BCUT2D eigenvalue weighted by atomic mass is 31.1. The number of hydrogen-bond acceptors (Lipinski definition) is 4. The van der Waals surface area contributed by atoms with Crippen LogP contribution < -0.4 is 4.52 Å². The van der Waals surface area contributed by atoms with E-state index in [-0.39, 0.29) is 5.41 Å². The highest BCUT2D eigenvalue weighted by Gasteiger charge is 2.20. The quantitative estimate of drug-likeness (QED) is 0.154. The van der Waals surface area contributed by atoms with Gasteiger partial charge in [-0.3, -0.25) is 4.52 Å². The molecule has 234 valence electrons. The van der Waals surface area contributed by atoms with Crippen molar-refractivity contribution in [2.45, 2.75) is 125 Å². The molecule has 1 heterocycles. The van der Waals surface area contributed by atoms with Crippen molar-refractivity contribution < 1.29 is 18.0 Å². The summed E-state index contributed by atoms with van der Waals surface area (Å²) in [5.74, 6) is 0.406. The summed E-state index contributed by atoms with van der Waals surface area (Å²) in [4.78, 5) is 0. The van der Waals surface area contributed by atoms with Gasteiger partial charge in [0.05, 0.1) is 6.61 Å². The van der Waals surface area contributed by atoms with E-state index in [2.05, 4.69) is 84.9 Å². The number of fused-ring (bicyclic) bond motifs is 3. The van der Waals surface area contributed by atoms with Gasteiger partial charge in [0.25, 0.3) is 0 Å². The maximum Gasteiger partial charge on any atom is 0.387 e. The molecule has 0 aliphatic rings. The molecule has 5 heteroatoms. The Morgan fingerprint density at radius 3 is 1.63 bits per heavy atom. The van der Waals surface area contributed by atoms with E-state index in [1.165, 1.54) is 27.8 Å². The molecule has 0 fully saturated rings. The lowest BCUT2D eigenvalue weighted by Gasteiger charge is -2.22. The minimum atomic E-state index is -1.62. The summed E-state index contributed by atoms with van der Waals surface area (Å²) in [6.07, 6.45) is 10.1. The molecular formula is C38H53O4P. The second-order valence-electron chi connectivity index (χ2n) is 13.2. The van der Waals surface area contributed by atoms with E-state index in [0.29, 0.717) is 12.4 Å². The zero-order valence-corrected chi connectivity index (χ0v) is 28.8. The van der Waals surface area contributed by atoms with E-state index in [9.17, 15) is 5.11 Å². The Labute approximate surface area is 260 Å². The smallest absolute Gasteiger partial charge is 0.387 e. The zero-order valence-electron chi connectivity index (χ0n) is 27.9. The Balaban J connectivity index is 1.78. The van der Waals surface area contributed by atoms with Crippen LogP contribution in [0.5, 0.6) is 5.75 Å². The fourth-order valence-corrected chi connectivity index (χ4v) is 7.26. The van der Waals surface area contributed by atoms with E-state index < -0.39 is 8.24 Å². The van der Waals surface area contributed by atoms with Gasteiger partial charge in [0.15, 0.2) is 0 Å². The van der Waals surface area contributed by atoms with Gasteiger partial charge < -0.3 is 13.5 Å². The third-order valence-electron chi connectivity index (χ3n) is 8.16. The number of phenols is 1. The molecule has 0 spiro atoms. The molecule has 4 rings (SSSR count). The third-order valence-corrected chi connectivity index (χ3v) is 9.22. The molecule has 0 aliphatic heterocycles. The Morgan fingerprint density at radius 2 is 1.16 bits per heavy atom. The minimum Gasteiger partial charge on any atom is -0.507 e. The second kappa shape index (κ2) is 14.9. The monoisotopic (exact) mass is 604 g/mol. The molecule has 1 N–H and O–H groups in total. The molecule has 4 aromatic rings. The summed E-state index contributed by atoms with van der Waals surface area (Å²) in [5, 5.41) is 13.0. The molecule has 0 radical (unpaired) electrons. The van der Waals surface area contributed by atoms with Crippen LogP contribution in [0.4, 0.5) is 0 Å². The van der Waals surface area contributed by atoms with Crippen molar-refractivity contribution in [3.63, 3.8) is 0 Å².